The zero-order valence-electron chi connectivity index (χ0n) is 21.0. The number of ether oxygens (including phenoxy) is 1. The van der Waals surface area contributed by atoms with E-state index in [2.05, 4.69) is 34.8 Å². The van der Waals surface area contributed by atoms with Gasteiger partial charge in [-0.15, -0.1) is 0 Å². The van der Waals surface area contributed by atoms with Crippen molar-refractivity contribution < 1.29 is 9.53 Å². The van der Waals surface area contributed by atoms with Gasteiger partial charge in [0.15, 0.2) is 0 Å². The van der Waals surface area contributed by atoms with Crippen LogP contribution in [0.4, 0.5) is 11.5 Å². The Hall–Kier alpha value is -2.87. The van der Waals surface area contributed by atoms with Crippen LogP contribution >= 0.6 is 0 Å². The average Bonchev–Trinajstić information content (AvgIpc) is 2.74. The lowest BCUT2D eigenvalue weighted by Crippen LogP contribution is -2.42. The van der Waals surface area contributed by atoms with Gasteiger partial charge >= 0.3 is 0 Å². The minimum atomic E-state index is -0.707. The van der Waals surface area contributed by atoms with Gasteiger partial charge in [0.25, 0.3) is 0 Å². The van der Waals surface area contributed by atoms with E-state index < -0.39 is 5.41 Å². The molecule has 1 saturated carbocycles. The number of aromatic nitrogens is 2. The van der Waals surface area contributed by atoms with Crippen molar-refractivity contribution >= 4 is 17.4 Å². The maximum Gasteiger partial charge on any atom is 0.224 e. The molecule has 4 rings (SSSR count). The molecule has 0 aliphatic heterocycles. The number of hydrogen-bond acceptors (Lipinski definition) is 7. The fraction of sp³-hybridized carbons (Fsp3) is 0.577. The highest BCUT2D eigenvalue weighted by Crippen LogP contribution is 2.50. The molecular formula is C26H38N6O2. The van der Waals surface area contributed by atoms with Gasteiger partial charge in [-0.05, 0) is 69.1 Å². The van der Waals surface area contributed by atoms with Crippen molar-refractivity contribution in [3.8, 4) is 17.0 Å². The summed E-state index contributed by atoms with van der Waals surface area (Å²) in [5.74, 6) is 1.01. The maximum absolute atomic E-state index is 12.1. The molecule has 1 aromatic carbocycles. The van der Waals surface area contributed by atoms with E-state index in [1.807, 2.05) is 27.0 Å². The molecule has 0 atom stereocenters. The van der Waals surface area contributed by atoms with Crippen LogP contribution in [0.15, 0.2) is 18.5 Å². The van der Waals surface area contributed by atoms with Crippen LogP contribution in [0, 0.1) is 5.41 Å². The Morgan fingerprint density at radius 1 is 1.21 bits per heavy atom. The number of carbonyl (C=O) groups is 1. The molecule has 1 fully saturated rings. The van der Waals surface area contributed by atoms with Gasteiger partial charge in [0.1, 0.15) is 17.9 Å². The number of primary amides is 1. The van der Waals surface area contributed by atoms with Crippen LogP contribution in [0.3, 0.4) is 0 Å². The first-order valence-corrected chi connectivity index (χ1v) is 12.1. The Bertz CT molecular complexity index is 1090. The minimum absolute atomic E-state index is 0.121. The second kappa shape index (κ2) is 8.73. The SMILES string of the molecule is CN(CC(C)(C)C(N)=O)c1c(OC2CCC(N)CC2)ccc2c1CC(C)(C)c1c(N)ncnc1-2. The number of benzene rings is 1. The van der Waals surface area contributed by atoms with Crippen LogP contribution in [0.2, 0.25) is 0 Å². The summed E-state index contributed by atoms with van der Waals surface area (Å²) in [6, 6.07) is 4.36. The number of carbonyl (C=O) groups excluding carboxylic acids is 1. The Labute approximate surface area is 202 Å². The summed E-state index contributed by atoms with van der Waals surface area (Å²) >= 11 is 0. The molecule has 1 heterocycles. The fourth-order valence-corrected chi connectivity index (χ4v) is 5.47. The van der Waals surface area contributed by atoms with Gasteiger partial charge in [-0.2, -0.15) is 0 Å². The van der Waals surface area contributed by atoms with Crippen LogP contribution < -0.4 is 26.8 Å². The van der Waals surface area contributed by atoms with Crippen LogP contribution in [-0.2, 0) is 16.6 Å². The standard InChI is InChI=1S/C26H38N6O2/c1-25(2)12-18-17(21-20(25)23(28)31-14-30-21)10-11-19(34-16-8-6-15(27)7-9-16)22(18)32(5)13-26(3,4)24(29)33/h10-11,14-16H,6-9,12-13,27H2,1-5H3,(H2,29,33)(H2,28,30,31). The Kier molecular flexibility index (Phi) is 6.23. The second-order valence-corrected chi connectivity index (χ2v) is 11.2. The average molecular weight is 467 g/mol. The van der Waals surface area contributed by atoms with E-state index in [-0.39, 0.29) is 23.5 Å². The lowest BCUT2D eigenvalue weighted by atomic mass is 9.71. The summed E-state index contributed by atoms with van der Waals surface area (Å²) in [6.07, 6.45) is 6.19. The van der Waals surface area contributed by atoms with Gasteiger partial charge in [-0.3, -0.25) is 4.79 Å². The van der Waals surface area contributed by atoms with E-state index in [0.29, 0.717) is 12.4 Å². The van der Waals surface area contributed by atoms with Gasteiger partial charge in [0.05, 0.1) is 22.9 Å². The van der Waals surface area contributed by atoms with Gasteiger partial charge in [-0.1, -0.05) is 13.8 Å². The molecule has 1 amide bonds. The van der Waals surface area contributed by atoms with Crippen LogP contribution in [-0.4, -0.2) is 41.6 Å². The molecule has 6 N–H and O–H groups in total. The van der Waals surface area contributed by atoms with E-state index in [4.69, 9.17) is 21.9 Å². The largest absolute Gasteiger partial charge is 0.488 e. The highest BCUT2D eigenvalue weighted by Gasteiger charge is 2.38. The van der Waals surface area contributed by atoms with Crippen LogP contribution in [0.1, 0.15) is 64.5 Å². The second-order valence-electron chi connectivity index (χ2n) is 11.2. The Morgan fingerprint density at radius 2 is 1.88 bits per heavy atom. The molecule has 34 heavy (non-hydrogen) atoms. The van der Waals surface area contributed by atoms with Gasteiger partial charge in [-0.25, -0.2) is 9.97 Å². The molecule has 0 radical (unpaired) electrons. The zero-order chi connectivity index (χ0) is 24.8. The first-order chi connectivity index (χ1) is 15.9. The van der Waals surface area contributed by atoms with Crippen molar-refractivity contribution in [3.63, 3.8) is 0 Å². The summed E-state index contributed by atoms with van der Waals surface area (Å²) in [4.78, 5) is 23.1. The molecule has 0 saturated heterocycles. The molecule has 2 aliphatic rings. The molecule has 8 nitrogen and oxygen atoms in total. The summed E-state index contributed by atoms with van der Waals surface area (Å²) in [7, 11) is 2.00. The van der Waals surface area contributed by atoms with E-state index in [0.717, 1.165) is 65.9 Å². The summed E-state index contributed by atoms with van der Waals surface area (Å²) in [6.45, 7) is 8.54. The lowest BCUT2D eigenvalue weighted by Gasteiger charge is -2.39. The number of fused-ring (bicyclic) bond motifs is 3. The first kappa shape index (κ1) is 24.3. The van der Waals surface area contributed by atoms with Crippen LogP contribution in [0.5, 0.6) is 5.75 Å². The Morgan fingerprint density at radius 3 is 2.53 bits per heavy atom. The molecule has 184 valence electrons. The molecule has 0 unspecified atom stereocenters. The predicted octanol–water partition coefficient (Wildman–Crippen LogP) is 3.16. The summed E-state index contributed by atoms with van der Waals surface area (Å²) < 4.78 is 6.61. The number of amides is 1. The quantitative estimate of drug-likeness (QED) is 0.595. The fourth-order valence-electron chi connectivity index (χ4n) is 5.47. The predicted molar refractivity (Wildman–Crippen MR) is 136 cm³/mol. The summed E-state index contributed by atoms with van der Waals surface area (Å²) in [5.41, 5.74) is 22.2. The first-order valence-electron chi connectivity index (χ1n) is 12.1. The van der Waals surface area contributed by atoms with Crippen molar-refractivity contribution in [1.29, 1.82) is 0 Å². The molecule has 0 spiro atoms. The number of rotatable bonds is 6. The van der Waals surface area contributed by atoms with E-state index in [1.165, 1.54) is 6.33 Å². The monoisotopic (exact) mass is 466 g/mol. The minimum Gasteiger partial charge on any atom is -0.488 e. The highest BCUT2D eigenvalue weighted by molar-refractivity contribution is 5.84. The molecular weight excluding hydrogens is 428 g/mol. The Balaban J connectivity index is 1.84. The van der Waals surface area contributed by atoms with E-state index in [9.17, 15) is 4.79 Å². The lowest BCUT2D eigenvalue weighted by molar-refractivity contribution is -0.125. The van der Waals surface area contributed by atoms with Crippen molar-refractivity contribution in [2.45, 2.75) is 77.4 Å². The molecule has 1 aromatic heterocycles. The topological polar surface area (TPSA) is 133 Å². The smallest absolute Gasteiger partial charge is 0.224 e. The van der Waals surface area contributed by atoms with Crippen molar-refractivity contribution in [2.75, 3.05) is 24.2 Å². The van der Waals surface area contributed by atoms with Crippen molar-refractivity contribution in [3.05, 3.63) is 29.6 Å². The zero-order valence-corrected chi connectivity index (χ0v) is 21.0. The normalized spacial score (nSPS) is 21.4. The van der Waals surface area contributed by atoms with Crippen molar-refractivity contribution in [2.24, 2.45) is 16.9 Å². The maximum atomic E-state index is 12.1. The summed E-state index contributed by atoms with van der Waals surface area (Å²) in [5, 5.41) is 0. The van der Waals surface area contributed by atoms with Gasteiger partial charge in [0.2, 0.25) is 5.91 Å². The number of nitrogens with zero attached hydrogens (tertiary/aromatic N) is 3. The molecule has 2 aliphatic carbocycles. The third-order valence-corrected chi connectivity index (χ3v) is 7.37. The molecule has 0 bridgehead atoms. The molecule has 2 aromatic rings. The number of hydrogen-bond donors (Lipinski definition) is 3. The van der Waals surface area contributed by atoms with Gasteiger partial charge < -0.3 is 26.8 Å². The van der Waals surface area contributed by atoms with Crippen molar-refractivity contribution in [1.82, 2.24) is 9.97 Å². The van der Waals surface area contributed by atoms with E-state index in [1.54, 1.807) is 0 Å². The number of anilines is 2. The third kappa shape index (κ3) is 4.43. The number of nitrogen functional groups attached to an aromatic ring is 1. The van der Waals surface area contributed by atoms with E-state index >= 15 is 0 Å². The number of nitrogens with two attached hydrogens (primary N) is 3. The third-order valence-electron chi connectivity index (χ3n) is 7.37. The highest BCUT2D eigenvalue weighted by atomic mass is 16.5. The van der Waals surface area contributed by atoms with Gasteiger partial charge in [0, 0.05) is 30.8 Å². The molecule has 8 heteroatoms. The van der Waals surface area contributed by atoms with Crippen LogP contribution in [0.25, 0.3) is 11.3 Å².